The van der Waals surface area contributed by atoms with Crippen LogP contribution in [0.4, 0.5) is 0 Å². The summed E-state index contributed by atoms with van der Waals surface area (Å²) in [6, 6.07) is 1.78. The molecule has 1 amide bonds. The van der Waals surface area contributed by atoms with Gasteiger partial charge in [0.25, 0.3) is 0 Å². The summed E-state index contributed by atoms with van der Waals surface area (Å²) in [5.41, 5.74) is 6.70. The largest absolute Gasteiger partial charge is 0.352 e. The van der Waals surface area contributed by atoms with Crippen LogP contribution in [0.2, 0.25) is 0 Å². The van der Waals surface area contributed by atoms with Crippen LogP contribution in [-0.2, 0) is 11.2 Å². The highest BCUT2D eigenvalue weighted by molar-refractivity contribution is 7.07. The molecular weight excluding hydrogens is 196 g/mol. The number of thiophene rings is 1. The molecule has 0 aliphatic carbocycles. The predicted molar refractivity (Wildman–Crippen MR) is 59.3 cm³/mol. The zero-order chi connectivity index (χ0) is 10.6. The number of hydrogen-bond donors (Lipinski definition) is 2. The molecule has 0 saturated heterocycles. The van der Waals surface area contributed by atoms with Gasteiger partial charge in [-0.3, -0.25) is 4.79 Å². The molecule has 1 aromatic rings. The Bertz CT molecular complexity index is 282. The Kier molecular flexibility index (Phi) is 4.10. The van der Waals surface area contributed by atoms with E-state index in [0.29, 0.717) is 0 Å². The molecule has 0 aliphatic heterocycles. The first-order chi connectivity index (χ1) is 6.59. The van der Waals surface area contributed by atoms with Gasteiger partial charge >= 0.3 is 0 Å². The Morgan fingerprint density at radius 2 is 2.36 bits per heavy atom. The Hall–Kier alpha value is -0.870. The Morgan fingerprint density at radius 1 is 1.64 bits per heavy atom. The number of carbonyl (C=O) groups is 1. The van der Waals surface area contributed by atoms with E-state index in [2.05, 4.69) is 16.8 Å². The van der Waals surface area contributed by atoms with E-state index >= 15 is 0 Å². The van der Waals surface area contributed by atoms with Gasteiger partial charge in [-0.2, -0.15) is 11.3 Å². The van der Waals surface area contributed by atoms with Gasteiger partial charge in [-0.05, 0) is 42.7 Å². The van der Waals surface area contributed by atoms with E-state index in [-0.39, 0.29) is 11.9 Å². The quantitative estimate of drug-likeness (QED) is 0.786. The highest BCUT2D eigenvalue weighted by Crippen LogP contribution is 2.08. The van der Waals surface area contributed by atoms with Crippen LogP contribution in [0.1, 0.15) is 19.4 Å². The molecule has 1 rings (SSSR count). The third kappa shape index (κ3) is 3.47. The first kappa shape index (κ1) is 11.2. The van der Waals surface area contributed by atoms with E-state index in [9.17, 15) is 4.79 Å². The predicted octanol–water partition coefficient (Wildman–Crippen LogP) is 1.14. The summed E-state index contributed by atoms with van der Waals surface area (Å²) >= 11 is 1.67. The van der Waals surface area contributed by atoms with Gasteiger partial charge in [0, 0.05) is 6.04 Å². The number of nitrogens with one attached hydrogen (secondary N) is 1. The van der Waals surface area contributed by atoms with Gasteiger partial charge in [0.15, 0.2) is 0 Å². The zero-order valence-electron chi connectivity index (χ0n) is 8.49. The highest BCUT2D eigenvalue weighted by Gasteiger charge is 2.11. The van der Waals surface area contributed by atoms with Crippen molar-refractivity contribution in [1.29, 1.82) is 0 Å². The maximum absolute atomic E-state index is 11.2. The standard InChI is InChI=1S/C10H16N2OS/c1-7(12-10(13)8(2)11)5-9-3-4-14-6-9/h3-4,6-8H,5,11H2,1-2H3,(H,12,13)/t7?,8-/m0/s1. The number of rotatable bonds is 4. The van der Waals surface area contributed by atoms with Crippen LogP contribution in [0, 0.1) is 0 Å². The maximum Gasteiger partial charge on any atom is 0.236 e. The van der Waals surface area contributed by atoms with E-state index in [0.717, 1.165) is 6.42 Å². The fourth-order valence-corrected chi connectivity index (χ4v) is 1.87. The van der Waals surface area contributed by atoms with Crippen LogP contribution in [0.5, 0.6) is 0 Å². The van der Waals surface area contributed by atoms with E-state index < -0.39 is 6.04 Å². The summed E-state index contributed by atoms with van der Waals surface area (Å²) in [5.74, 6) is -0.0901. The van der Waals surface area contributed by atoms with Crippen LogP contribution in [0.15, 0.2) is 16.8 Å². The van der Waals surface area contributed by atoms with Crippen molar-refractivity contribution in [2.45, 2.75) is 32.4 Å². The molecule has 3 nitrogen and oxygen atoms in total. The van der Waals surface area contributed by atoms with Gasteiger partial charge in [-0.1, -0.05) is 0 Å². The Labute approximate surface area is 88.3 Å². The average molecular weight is 212 g/mol. The monoisotopic (exact) mass is 212 g/mol. The lowest BCUT2D eigenvalue weighted by molar-refractivity contribution is -0.122. The van der Waals surface area contributed by atoms with Crippen molar-refractivity contribution in [2.24, 2.45) is 5.73 Å². The fourth-order valence-electron chi connectivity index (χ4n) is 1.19. The molecule has 0 radical (unpaired) electrons. The number of nitrogens with two attached hydrogens (primary N) is 1. The van der Waals surface area contributed by atoms with E-state index in [1.807, 2.05) is 12.3 Å². The molecule has 78 valence electrons. The minimum absolute atomic E-state index is 0.0901. The maximum atomic E-state index is 11.2. The Morgan fingerprint density at radius 3 is 2.86 bits per heavy atom. The Balaban J connectivity index is 2.36. The molecule has 1 heterocycles. The van der Waals surface area contributed by atoms with Crippen molar-refractivity contribution in [3.8, 4) is 0 Å². The summed E-state index contributed by atoms with van der Waals surface area (Å²) in [5, 5.41) is 6.99. The van der Waals surface area contributed by atoms with E-state index in [4.69, 9.17) is 5.73 Å². The third-order valence-corrected chi connectivity index (χ3v) is 2.66. The van der Waals surface area contributed by atoms with Crippen molar-refractivity contribution >= 4 is 17.2 Å². The van der Waals surface area contributed by atoms with Gasteiger partial charge < -0.3 is 11.1 Å². The molecule has 0 aliphatic rings. The first-order valence-electron chi connectivity index (χ1n) is 4.66. The van der Waals surface area contributed by atoms with Gasteiger partial charge in [0.05, 0.1) is 6.04 Å². The highest BCUT2D eigenvalue weighted by atomic mass is 32.1. The lowest BCUT2D eigenvalue weighted by atomic mass is 10.1. The molecule has 2 atom stereocenters. The van der Waals surface area contributed by atoms with Crippen molar-refractivity contribution in [3.63, 3.8) is 0 Å². The molecule has 4 heteroatoms. The average Bonchev–Trinajstić information content (AvgIpc) is 2.56. The lowest BCUT2D eigenvalue weighted by Crippen LogP contribution is -2.43. The lowest BCUT2D eigenvalue weighted by Gasteiger charge is -2.14. The normalized spacial score (nSPS) is 14.8. The van der Waals surface area contributed by atoms with Crippen LogP contribution in [0.25, 0.3) is 0 Å². The molecule has 1 aromatic heterocycles. The second-order valence-electron chi connectivity index (χ2n) is 3.53. The summed E-state index contributed by atoms with van der Waals surface area (Å²) in [4.78, 5) is 11.2. The number of amides is 1. The SMILES string of the molecule is CC(Cc1ccsc1)NC(=O)[C@H](C)N. The summed E-state index contributed by atoms with van der Waals surface area (Å²) < 4.78 is 0. The van der Waals surface area contributed by atoms with Crippen molar-refractivity contribution in [2.75, 3.05) is 0 Å². The summed E-state index contributed by atoms with van der Waals surface area (Å²) in [6.07, 6.45) is 0.863. The van der Waals surface area contributed by atoms with Crippen LogP contribution in [0.3, 0.4) is 0 Å². The van der Waals surface area contributed by atoms with E-state index in [1.165, 1.54) is 5.56 Å². The summed E-state index contributed by atoms with van der Waals surface area (Å²) in [7, 11) is 0. The molecule has 0 fully saturated rings. The number of carbonyl (C=O) groups excluding carboxylic acids is 1. The first-order valence-corrected chi connectivity index (χ1v) is 5.61. The smallest absolute Gasteiger partial charge is 0.236 e. The molecule has 0 aromatic carbocycles. The third-order valence-electron chi connectivity index (χ3n) is 1.92. The summed E-state index contributed by atoms with van der Waals surface area (Å²) in [6.45, 7) is 3.67. The minimum Gasteiger partial charge on any atom is -0.352 e. The van der Waals surface area contributed by atoms with Crippen molar-refractivity contribution in [3.05, 3.63) is 22.4 Å². The molecular formula is C10H16N2OS. The molecule has 3 N–H and O–H groups in total. The van der Waals surface area contributed by atoms with Gasteiger partial charge in [0.1, 0.15) is 0 Å². The minimum atomic E-state index is -0.431. The van der Waals surface area contributed by atoms with Crippen LogP contribution < -0.4 is 11.1 Å². The van der Waals surface area contributed by atoms with Gasteiger partial charge in [-0.25, -0.2) is 0 Å². The topological polar surface area (TPSA) is 55.1 Å². The van der Waals surface area contributed by atoms with Crippen LogP contribution >= 0.6 is 11.3 Å². The molecule has 0 spiro atoms. The number of hydrogen-bond acceptors (Lipinski definition) is 3. The van der Waals surface area contributed by atoms with Crippen molar-refractivity contribution < 1.29 is 4.79 Å². The van der Waals surface area contributed by atoms with Gasteiger partial charge in [-0.15, -0.1) is 0 Å². The fraction of sp³-hybridized carbons (Fsp3) is 0.500. The molecule has 1 unspecified atom stereocenters. The zero-order valence-corrected chi connectivity index (χ0v) is 9.30. The molecule has 14 heavy (non-hydrogen) atoms. The van der Waals surface area contributed by atoms with Crippen LogP contribution in [-0.4, -0.2) is 18.0 Å². The van der Waals surface area contributed by atoms with Crippen molar-refractivity contribution in [1.82, 2.24) is 5.32 Å². The van der Waals surface area contributed by atoms with E-state index in [1.54, 1.807) is 18.3 Å². The van der Waals surface area contributed by atoms with Gasteiger partial charge in [0.2, 0.25) is 5.91 Å². The second-order valence-corrected chi connectivity index (χ2v) is 4.31. The molecule has 0 bridgehead atoms. The molecule has 0 saturated carbocycles. The second kappa shape index (κ2) is 5.12.